The zero-order chi connectivity index (χ0) is 13.1. The number of hydrogen-bond acceptors (Lipinski definition) is 2. The van der Waals surface area contributed by atoms with Crippen LogP contribution in [0.2, 0.25) is 10.2 Å². The molecule has 0 radical (unpaired) electrons. The molecule has 0 aliphatic rings. The summed E-state index contributed by atoms with van der Waals surface area (Å²) in [6.45, 7) is 6.82. The summed E-state index contributed by atoms with van der Waals surface area (Å²) in [4.78, 5) is 15.8. The summed E-state index contributed by atoms with van der Waals surface area (Å²) >= 11 is 11.6. The van der Waals surface area contributed by atoms with Gasteiger partial charge in [0.05, 0.1) is 5.02 Å². The Morgan fingerprint density at radius 1 is 1.41 bits per heavy atom. The number of aromatic nitrogens is 1. The molecule has 1 amide bonds. The van der Waals surface area contributed by atoms with E-state index in [0.717, 1.165) is 6.42 Å². The standard InChI is InChI=1S/C12H16Cl2N2O/c1-4-12(2,3)7-15-11(17)10-8(13)5-6-9(14)16-10/h5-6H,4,7H2,1-3H3,(H,15,17). The van der Waals surface area contributed by atoms with Gasteiger partial charge in [-0.15, -0.1) is 0 Å². The number of nitrogens with one attached hydrogen (secondary N) is 1. The Hall–Kier alpha value is -0.800. The van der Waals surface area contributed by atoms with E-state index in [2.05, 4.69) is 31.1 Å². The number of rotatable bonds is 4. The highest BCUT2D eigenvalue weighted by Gasteiger charge is 2.18. The molecule has 17 heavy (non-hydrogen) atoms. The summed E-state index contributed by atoms with van der Waals surface area (Å²) in [5, 5.41) is 3.38. The van der Waals surface area contributed by atoms with Gasteiger partial charge < -0.3 is 5.32 Å². The fraction of sp³-hybridized carbons (Fsp3) is 0.500. The highest BCUT2D eigenvalue weighted by atomic mass is 35.5. The predicted octanol–water partition coefficient (Wildman–Crippen LogP) is 3.55. The van der Waals surface area contributed by atoms with Crippen LogP contribution in [0.5, 0.6) is 0 Å². The van der Waals surface area contributed by atoms with E-state index in [0.29, 0.717) is 11.6 Å². The monoisotopic (exact) mass is 274 g/mol. The van der Waals surface area contributed by atoms with E-state index < -0.39 is 0 Å². The molecule has 0 aliphatic heterocycles. The van der Waals surface area contributed by atoms with E-state index in [4.69, 9.17) is 23.2 Å². The van der Waals surface area contributed by atoms with Crippen molar-refractivity contribution in [2.75, 3.05) is 6.54 Å². The molecule has 0 atom stereocenters. The third kappa shape index (κ3) is 4.17. The second-order valence-electron chi connectivity index (χ2n) is 4.66. The van der Waals surface area contributed by atoms with Crippen molar-refractivity contribution in [3.63, 3.8) is 0 Å². The molecule has 0 fully saturated rings. The molecule has 1 aromatic heterocycles. The quantitative estimate of drug-likeness (QED) is 0.854. The number of nitrogens with zero attached hydrogens (tertiary/aromatic N) is 1. The van der Waals surface area contributed by atoms with Crippen LogP contribution in [-0.4, -0.2) is 17.4 Å². The van der Waals surface area contributed by atoms with Crippen LogP contribution in [-0.2, 0) is 0 Å². The van der Waals surface area contributed by atoms with E-state index in [1.807, 2.05) is 0 Å². The maximum absolute atomic E-state index is 11.9. The van der Waals surface area contributed by atoms with E-state index in [9.17, 15) is 4.79 Å². The highest BCUT2D eigenvalue weighted by molar-refractivity contribution is 6.34. The van der Waals surface area contributed by atoms with Crippen LogP contribution in [0.15, 0.2) is 12.1 Å². The van der Waals surface area contributed by atoms with E-state index in [1.54, 1.807) is 12.1 Å². The van der Waals surface area contributed by atoms with Crippen molar-refractivity contribution in [2.45, 2.75) is 27.2 Å². The van der Waals surface area contributed by atoms with Gasteiger partial charge >= 0.3 is 0 Å². The van der Waals surface area contributed by atoms with Gasteiger partial charge in [0, 0.05) is 6.54 Å². The van der Waals surface area contributed by atoms with Crippen molar-refractivity contribution >= 4 is 29.1 Å². The zero-order valence-corrected chi connectivity index (χ0v) is 11.7. The van der Waals surface area contributed by atoms with Crippen molar-refractivity contribution in [1.82, 2.24) is 10.3 Å². The molecular weight excluding hydrogens is 259 g/mol. The maximum Gasteiger partial charge on any atom is 0.271 e. The summed E-state index contributed by atoms with van der Waals surface area (Å²) in [6.07, 6.45) is 0.976. The molecule has 94 valence electrons. The molecule has 0 saturated carbocycles. The molecule has 1 aromatic rings. The summed E-state index contributed by atoms with van der Waals surface area (Å²) in [5.74, 6) is -0.293. The molecule has 1 heterocycles. The van der Waals surface area contributed by atoms with Crippen LogP contribution in [0, 0.1) is 5.41 Å². The van der Waals surface area contributed by atoms with E-state index in [-0.39, 0.29) is 22.2 Å². The first kappa shape index (κ1) is 14.3. The Bertz CT molecular complexity index is 419. The number of halogens is 2. The van der Waals surface area contributed by atoms with Gasteiger partial charge in [0.15, 0.2) is 0 Å². The lowest BCUT2D eigenvalue weighted by Crippen LogP contribution is -2.34. The van der Waals surface area contributed by atoms with Crippen molar-refractivity contribution in [3.05, 3.63) is 28.0 Å². The fourth-order valence-corrected chi connectivity index (χ4v) is 1.44. The number of carbonyl (C=O) groups is 1. The molecule has 1 N–H and O–H groups in total. The Balaban J connectivity index is 2.74. The summed E-state index contributed by atoms with van der Waals surface area (Å²) < 4.78 is 0. The van der Waals surface area contributed by atoms with Crippen LogP contribution in [0.25, 0.3) is 0 Å². The minimum absolute atomic E-state index is 0.0563. The van der Waals surface area contributed by atoms with Gasteiger partial charge in [-0.3, -0.25) is 4.79 Å². The number of amides is 1. The lowest BCUT2D eigenvalue weighted by molar-refractivity contribution is 0.0931. The molecule has 0 aliphatic carbocycles. The van der Waals surface area contributed by atoms with Crippen molar-refractivity contribution in [1.29, 1.82) is 0 Å². The summed E-state index contributed by atoms with van der Waals surface area (Å²) in [7, 11) is 0. The normalized spacial score (nSPS) is 11.4. The maximum atomic E-state index is 11.9. The smallest absolute Gasteiger partial charge is 0.271 e. The molecule has 0 bridgehead atoms. The lowest BCUT2D eigenvalue weighted by atomic mass is 9.90. The Morgan fingerprint density at radius 3 is 2.65 bits per heavy atom. The first-order valence-corrected chi connectivity index (χ1v) is 6.21. The Morgan fingerprint density at radius 2 is 2.06 bits per heavy atom. The van der Waals surface area contributed by atoms with Gasteiger partial charge in [-0.1, -0.05) is 44.0 Å². The summed E-state index contributed by atoms with van der Waals surface area (Å²) in [6, 6.07) is 3.12. The third-order valence-electron chi connectivity index (χ3n) is 2.71. The minimum atomic E-state index is -0.293. The van der Waals surface area contributed by atoms with Crippen LogP contribution < -0.4 is 5.32 Å². The van der Waals surface area contributed by atoms with Crippen LogP contribution in [0.4, 0.5) is 0 Å². The Kier molecular flexibility index (Phi) is 4.78. The molecule has 0 unspecified atom stereocenters. The fourth-order valence-electron chi connectivity index (χ4n) is 1.11. The van der Waals surface area contributed by atoms with E-state index in [1.165, 1.54) is 0 Å². The van der Waals surface area contributed by atoms with Gasteiger partial charge in [-0.25, -0.2) is 4.98 Å². The van der Waals surface area contributed by atoms with Gasteiger partial charge in [0.1, 0.15) is 10.8 Å². The molecule has 0 saturated heterocycles. The third-order valence-corrected chi connectivity index (χ3v) is 3.23. The Labute approximate surface area is 112 Å². The van der Waals surface area contributed by atoms with E-state index >= 15 is 0 Å². The minimum Gasteiger partial charge on any atom is -0.350 e. The van der Waals surface area contributed by atoms with Gasteiger partial charge in [0.2, 0.25) is 0 Å². The molecular formula is C12H16Cl2N2O. The first-order valence-electron chi connectivity index (χ1n) is 5.46. The summed E-state index contributed by atoms with van der Waals surface area (Å²) in [5.41, 5.74) is 0.229. The van der Waals surface area contributed by atoms with Crippen molar-refractivity contribution in [3.8, 4) is 0 Å². The SMILES string of the molecule is CCC(C)(C)CNC(=O)c1nc(Cl)ccc1Cl. The van der Waals surface area contributed by atoms with Crippen LogP contribution in [0.1, 0.15) is 37.7 Å². The molecule has 3 nitrogen and oxygen atoms in total. The van der Waals surface area contributed by atoms with Crippen LogP contribution >= 0.6 is 23.2 Å². The molecule has 0 aromatic carbocycles. The second kappa shape index (κ2) is 5.69. The van der Waals surface area contributed by atoms with Crippen molar-refractivity contribution < 1.29 is 4.79 Å². The molecule has 0 spiro atoms. The predicted molar refractivity (Wildman–Crippen MR) is 70.7 cm³/mol. The molecule has 5 heteroatoms. The molecule has 1 rings (SSSR count). The zero-order valence-electron chi connectivity index (χ0n) is 10.2. The first-order chi connectivity index (χ1) is 7.85. The average molecular weight is 275 g/mol. The van der Waals surface area contributed by atoms with Gasteiger partial charge in [-0.05, 0) is 24.0 Å². The number of hydrogen-bond donors (Lipinski definition) is 1. The lowest BCUT2D eigenvalue weighted by Gasteiger charge is -2.22. The number of carbonyl (C=O) groups excluding carboxylic acids is 1. The topological polar surface area (TPSA) is 42.0 Å². The van der Waals surface area contributed by atoms with Gasteiger partial charge in [-0.2, -0.15) is 0 Å². The highest BCUT2D eigenvalue weighted by Crippen LogP contribution is 2.19. The van der Waals surface area contributed by atoms with Crippen LogP contribution in [0.3, 0.4) is 0 Å². The van der Waals surface area contributed by atoms with Crippen molar-refractivity contribution in [2.24, 2.45) is 5.41 Å². The largest absolute Gasteiger partial charge is 0.350 e. The second-order valence-corrected chi connectivity index (χ2v) is 5.46. The van der Waals surface area contributed by atoms with Gasteiger partial charge in [0.25, 0.3) is 5.91 Å². The average Bonchev–Trinajstić information content (AvgIpc) is 2.29. The number of pyridine rings is 1.